The highest BCUT2D eigenvalue weighted by molar-refractivity contribution is 9.10. The number of alkyl halides is 2. The van der Waals surface area contributed by atoms with Crippen molar-refractivity contribution in [2.24, 2.45) is 0 Å². The minimum absolute atomic E-state index is 0.0771. The molecule has 0 fully saturated rings. The van der Waals surface area contributed by atoms with Crippen molar-refractivity contribution in [3.05, 3.63) is 69.2 Å². The fourth-order valence-electron chi connectivity index (χ4n) is 2.58. The zero-order valence-corrected chi connectivity index (χ0v) is 18.4. The van der Waals surface area contributed by atoms with Gasteiger partial charge in [0.2, 0.25) is 0 Å². The molecule has 0 spiro atoms. The van der Waals surface area contributed by atoms with Gasteiger partial charge in [0.05, 0.1) is 18.8 Å². The van der Waals surface area contributed by atoms with Gasteiger partial charge in [0.15, 0.2) is 0 Å². The van der Waals surface area contributed by atoms with Crippen LogP contribution in [0.2, 0.25) is 0 Å². The van der Waals surface area contributed by atoms with E-state index in [1.165, 1.54) is 23.3 Å². The average Bonchev–Trinajstić information content (AvgIpc) is 2.57. The van der Waals surface area contributed by atoms with Crippen molar-refractivity contribution in [2.45, 2.75) is 45.3 Å². The van der Waals surface area contributed by atoms with Crippen molar-refractivity contribution in [3.63, 3.8) is 0 Å². The second-order valence-corrected chi connectivity index (χ2v) is 8.92. The maximum atomic E-state index is 13.8. The van der Waals surface area contributed by atoms with E-state index in [-0.39, 0.29) is 16.5 Å². The number of hydrogen-bond acceptors (Lipinski definition) is 3. The van der Waals surface area contributed by atoms with Crippen molar-refractivity contribution in [1.29, 1.82) is 0 Å². The number of benzene rings is 2. The van der Waals surface area contributed by atoms with Crippen LogP contribution in [0.4, 0.5) is 8.78 Å². The van der Waals surface area contributed by atoms with Crippen LogP contribution in [0.3, 0.4) is 0 Å². The van der Waals surface area contributed by atoms with Crippen molar-refractivity contribution in [1.82, 2.24) is 0 Å². The summed E-state index contributed by atoms with van der Waals surface area (Å²) in [5.41, 5.74) is 2.73. The molecule has 0 aromatic heterocycles. The molecule has 0 heterocycles. The molecule has 1 unspecified atom stereocenters. The molecule has 0 bridgehead atoms. The van der Waals surface area contributed by atoms with Gasteiger partial charge < -0.3 is 4.74 Å². The molecule has 152 valence electrons. The number of ether oxygens (including phenoxy) is 1. The molecule has 28 heavy (non-hydrogen) atoms. The van der Waals surface area contributed by atoms with Crippen molar-refractivity contribution < 1.29 is 27.5 Å². The molecule has 2 rings (SSSR count). The lowest BCUT2D eigenvalue weighted by molar-refractivity contribution is -0.186. The van der Waals surface area contributed by atoms with Crippen LogP contribution in [0.1, 0.15) is 43.0 Å². The van der Waals surface area contributed by atoms with Crippen LogP contribution in [0.25, 0.3) is 0 Å². The first-order valence-electron chi connectivity index (χ1n) is 8.68. The maximum absolute atomic E-state index is 13.8. The first-order valence-corrected chi connectivity index (χ1v) is 10.6. The van der Waals surface area contributed by atoms with E-state index in [1.54, 1.807) is 0 Å². The molecule has 0 aliphatic carbocycles. The quantitative estimate of drug-likeness (QED) is 0.363. The van der Waals surface area contributed by atoms with Crippen LogP contribution < -0.4 is 0 Å². The van der Waals surface area contributed by atoms with Crippen LogP contribution in [0.15, 0.2) is 46.9 Å². The molecular formula is C20H23BrF2O4P+. The summed E-state index contributed by atoms with van der Waals surface area (Å²) in [6.07, 6.45) is -3.11. The lowest BCUT2D eigenvalue weighted by atomic mass is 9.86. The predicted molar refractivity (Wildman–Crippen MR) is 107 cm³/mol. The zero-order chi connectivity index (χ0) is 20.9. The first-order chi connectivity index (χ1) is 13.0. The van der Waals surface area contributed by atoms with Gasteiger partial charge in [0.1, 0.15) is 0 Å². The Morgan fingerprint density at radius 2 is 1.68 bits per heavy atom. The fourth-order valence-corrected chi connectivity index (χ4v) is 3.53. The van der Waals surface area contributed by atoms with E-state index in [2.05, 4.69) is 65.5 Å². The second-order valence-electron chi connectivity index (χ2n) is 7.41. The molecule has 0 aliphatic rings. The molecule has 2 aromatic carbocycles. The predicted octanol–water partition coefficient (Wildman–Crippen LogP) is 6.22. The Morgan fingerprint density at radius 3 is 2.21 bits per heavy atom. The highest BCUT2D eigenvalue weighted by atomic mass is 79.9. The summed E-state index contributed by atoms with van der Waals surface area (Å²) < 4.78 is 47.6. The third-order valence-corrected chi connectivity index (χ3v) is 5.21. The molecule has 0 saturated heterocycles. The van der Waals surface area contributed by atoms with E-state index in [0.29, 0.717) is 12.2 Å². The molecule has 1 N–H and O–H groups in total. The summed E-state index contributed by atoms with van der Waals surface area (Å²) in [5.74, 6) is 0. The summed E-state index contributed by atoms with van der Waals surface area (Å²) in [6, 6.07) is 12.5. The van der Waals surface area contributed by atoms with Crippen molar-refractivity contribution in [2.75, 3.05) is 6.61 Å². The summed E-state index contributed by atoms with van der Waals surface area (Å²) in [6.45, 7) is 7.26. The van der Waals surface area contributed by atoms with Gasteiger partial charge in [-0.2, -0.15) is 8.78 Å². The van der Waals surface area contributed by atoms with Gasteiger partial charge >= 0.3 is 14.4 Å². The van der Waals surface area contributed by atoms with E-state index in [4.69, 9.17) is 9.63 Å². The van der Waals surface area contributed by atoms with Gasteiger partial charge in [-0.1, -0.05) is 67.0 Å². The van der Waals surface area contributed by atoms with Crippen LogP contribution in [0.5, 0.6) is 0 Å². The highest BCUT2D eigenvalue weighted by Gasteiger charge is 2.44. The van der Waals surface area contributed by atoms with Crippen LogP contribution in [0, 0.1) is 0 Å². The monoisotopic (exact) mass is 475 g/mol. The van der Waals surface area contributed by atoms with Gasteiger partial charge in [-0.05, 0) is 45.2 Å². The largest absolute Gasteiger partial charge is 0.701 e. The van der Waals surface area contributed by atoms with E-state index in [9.17, 15) is 13.3 Å². The zero-order valence-electron chi connectivity index (χ0n) is 15.9. The van der Waals surface area contributed by atoms with Crippen molar-refractivity contribution in [3.8, 4) is 0 Å². The second kappa shape index (κ2) is 9.51. The van der Waals surface area contributed by atoms with Gasteiger partial charge in [-0.15, -0.1) is 4.89 Å². The molecular weight excluding hydrogens is 453 g/mol. The van der Waals surface area contributed by atoms with Gasteiger partial charge in [-0.3, -0.25) is 0 Å². The molecule has 8 heteroatoms. The van der Waals surface area contributed by atoms with E-state index >= 15 is 0 Å². The van der Waals surface area contributed by atoms with E-state index in [1.807, 2.05) is 0 Å². The Morgan fingerprint density at radius 1 is 1.07 bits per heavy atom. The Balaban J connectivity index is 1.88. The third kappa shape index (κ3) is 6.68. The summed E-state index contributed by atoms with van der Waals surface area (Å²) in [4.78, 5) is 8.56. The van der Waals surface area contributed by atoms with Crippen LogP contribution >= 0.6 is 24.2 Å². The fraction of sp³-hybridized carbons (Fsp3) is 0.400. The lowest BCUT2D eigenvalue weighted by Crippen LogP contribution is -2.15. The normalized spacial score (nSPS) is 12.9. The Bertz CT molecular complexity index is 820. The van der Waals surface area contributed by atoms with Gasteiger partial charge in [-0.25, -0.2) is 0 Å². The van der Waals surface area contributed by atoms with Crippen molar-refractivity contribution >= 4 is 24.2 Å². The number of hydrogen-bond donors (Lipinski definition) is 1. The maximum Gasteiger partial charge on any atom is 0.701 e. The topological polar surface area (TPSA) is 55.8 Å². The van der Waals surface area contributed by atoms with Crippen LogP contribution in [-0.4, -0.2) is 11.5 Å². The molecule has 0 amide bonds. The van der Waals surface area contributed by atoms with Gasteiger partial charge in [0.25, 0.3) is 0 Å². The smallest absolute Gasteiger partial charge is 0.376 e. The SMILES string of the molecule is CC(C)(C)c1ccc(CCOCc2ccc(C(F)(F)O[P+](=O)O)c(Br)c2)cc1. The standard InChI is InChI=1S/C20H22BrF2O4P/c1-19(2,3)16-7-4-14(5-8-16)10-11-26-13-15-6-9-17(18(21)12-15)20(22,23)27-28(24)25/h4-9,12H,10-11,13H2,1-3H3/p+1. The van der Waals surface area contributed by atoms with E-state index < -0.39 is 19.9 Å². The van der Waals surface area contributed by atoms with E-state index in [0.717, 1.165) is 12.5 Å². The molecule has 1 atom stereocenters. The van der Waals surface area contributed by atoms with Crippen LogP contribution in [-0.2, 0) is 38.4 Å². The number of halogens is 3. The average molecular weight is 476 g/mol. The summed E-state index contributed by atoms with van der Waals surface area (Å²) >= 11 is 3.05. The Labute approximate surface area is 173 Å². The van der Waals surface area contributed by atoms with Gasteiger partial charge in [0, 0.05) is 9.04 Å². The molecule has 0 radical (unpaired) electrons. The Kier molecular flexibility index (Phi) is 7.82. The molecule has 0 saturated carbocycles. The number of rotatable bonds is 8. The molecule has 0 aliphatic heterocycles. The highest BCUT2D eigenvalue weighted by Crippen LogP contribution is 2.41. The third-order valence-electron chi connectivity index (χ3n) is 4.16. The lowest BCUT2D eigenvalue weighted by Gasteiger charge is -2.19. The Hall–Kier alpha value is -1.24. The first kappa shape index (κ1) is 23.0. The minimum Gasteiger partial charge on any atom is -0.376 e. The summed E-state index contributed by atoms with van der Waals surface area (Å²) in [5, 5.41) is 0. The molecule has 2 aromatic rings. The summed E-state index contributed by atoms with van der Waals surface area (Å²) in [7, 11) is -3.42. The molecule has 4 nitrogen and oxygen atoms in total. The minimum atomic E-state index is -3.86.